The van der Waals surface area contributed by atoms with Crippen molar-refractivity contribution >= 4 is 17.9 Å². The van der Waals surface area contributed by atoms with Gasteiger partial charge in [-0.05, 0) is 24.3 Å². The van der Waals surface area contributed by atoms with Crippen LogP contribution in [-0.2, 0) is 6.61 Å². The Labute approximate surface area is 113 Å². The maximum Gasteiger partial charge on any atom is 0.153 e. The van der Waals surface area contributed by atoms with Crippen molar-refractivity contribution in [2.75, 3.05) is 0 Å². The van der Waals surface area contributed by atoms with E-state index in [2.05, 4.69) is 0 Å². The molecule has 0 radical (unpaired) electrons. The highest BCUT2D eigenvalue weighted by Gasteiger charge is 2.09. The average molecular weight is 283 g/mol. The van der Waals surface area contributed by atoms with E-state index in [1.165, 1.54) is 18.2 Å². The lowest BCUT2D eigenvalue weighted by Gasteiger charge is -2.09. The summed E-state index contributed by atoms with van der Waals surface area (Å²) in [6, 6.07) is 8.07. The third-order valence-corrected chi connectivity index (χ3v) is 2.81. The second kappa shape index (κ2) is 5.80. The maximum absolute atomic E-state index is 13.6. The minimum absolute atomic E-state index is 0.00387. The number of benzene rings is 2. The standard InChI is InChI=1S/C14H9ClF2O2/c15-12-3-1-2-9(14(12)17)8-19-13-5-4-11(16)6-10(13)7-18/h1-7H,8H2. The molecule has 0 saturated carbocycles. The molecule has 0 amide bonds. The van der Waals surface area contributed by atoms with Crippen LogP contribution < -0.4 is 4.74 Å². The summed E-state index contributed by atoms with van der Waals surface area (Å²) >= 11 is 5.64. The minimum atomic E-state index is -0.570. The zero-order chi connectivity index (χ0) is 13.8. The lowest BCUT2D eigenvalue weighted by atomic mass is 10.2. The van der Waals surface area contributed by atoms with Crippen LogP contribution in [0.2, 0.25) is 5.02 Å². The first-order valence-corrected chi connectivity index (χ1v) is 5.80. The van der Waals surface area contributed by atoms with E-state index in [1.807, 2.05) is 0 Å². The lowest BCUT2D eigenvalue weighted by Crippen LogP contribution is -2.01. The third kappa shape index (κ3) is 3.09. The molecule has 5 heteroatoms. The monoisotopic (exact) mass is 282 g/mol. The van der Waals surface area contributed by atoms with Crippen LogP contribution in [0.3, 0.4) is 0 Å². The van der Waals surface area contributed by atoms with Gasteiger partial charge < -0.3 is 4.74 Å². The fourth-order valence-electron chi connectivity index (χ4n) is 1.56. The van der Waals surface area contributed by atoms with Crippen LogP contribution in [0.4, 0.5) is 8.78 Å². The zero-order valence-corrected chi connectivity index (χ0v) is 10.5. The summed E-state index contributed by atoms with van der Waals surface area (Å²) in [4.78, 5) is 10.8. The summed E-state index contributed by atoms with van der Waals surface area (Å²) in [5.41, 5.74) is 0.330. The third-order valence-electron chi connectivity index (χ3n) is 2.51. The predicted octanol–water partition coefficient (Wildman–Crippen LogP) is 4.01. The van der Waals surface area contributed by atoms with Gasteiger partial charge in [0.2, 0.25) is 0 Å². The number of carbonyl (C=O) groups excluding carboxylic acids is 1. The average Bonchev–Trinajstić information content (AvgIpc) is 2.41. The van der Waals surface area contributed by atoms with Gasteiger partial charge >= 0.3 is 0 Å². The van der Waals surface area contributed by atoms with Gasteiger partial charge in [-0.25, -0.2) is 8.78 Å². The molecule has 0 aliphatic rings. The molecule has 0 spiro atoms. The van der Waals surface area contributed by atoms with E-state index in [0.29, 0.717) is 6.29 Å². The Morgan fingerprint density at radius 2 is 2.00 bits per heavy atom. The molecular weight excluding hydrogens is 274 g/mol. The van der Waals surface area contributed by atoms with Gasteiger partial charge in [-0.2, -0.15) is 0 Å². The van der Waals surface area contributed by atoms with Crippen molar-refractivity contribution in [2.24, 2.45) is 0 Å². The number of rotatable bonds is 4. The Morgan fingerprint density at radius 3 is 2.74 bits per heavy atom. The van der Waals surface area contributed by atoms with Gasteiger partial charge in [0.1, 0.15) is 24.0 Å². The quantitative estimate of drug-likeness (QED) is 0.792. The topological polar surface area (TPSA) is 26.3 Å². The molecule has 0 heterocycles. The molecule has 2 aromatic carbocycles. The predicted molar refractivity (Wildman–Crippen MR) is 67.5 cm³/mol. The first-order valence-electron chi connectivity index (χ1n) is 5.42. The minimum Gasteiger partial charge on any atom is -0.488 e. The van der Waals surface area contributed by atoms with Gasteiger partial charge in [-0.15, -0.1) is 0 Å². The molecule has 2 nitrogen and oxygen atoms in total. The molecule has 0 fully saturated rings. The molecule has 0 aliphatic carbocycles. The van der Waals surface area contributed by atoms with E-state index in [1.54, 1.807) is 6.07 Å². The Kier molecular flexibility index (Phi) is 4.12. The molecule has 0 N–H and O–H groups in total. The van der Waals surface area contributed by atoms with E-state index < -0.39 is 11.6 Å². The largest absolute Gasteiger partial charge is 0.488 e. The van der Waals surface area contributed by atoms with Crippen molar-refractivity contribution < 1.29 is 18.3 Å². The number of hydrogen-bond donors (Lipinski definition) is 0. The van der Waals surface area contributed by atoms with Crippen LogP contribution in [-0.4, -0.2) is 6.29 Å². The van der Waals surface area contributed by atoms with Crippen molar-refractivity contribution in [1.29, 1.82) is 0 Å². The molecule has 98 valence electrons. The zero-order valence-electron chi connectivity index (χ0n) is 9.70. The highest BCUT2D eigenvalue weighted by atomic mass is 35.5. The number of hydrogen-bond acceptors (Lipinski definition) is 2. The normalized spacial score (nSPS) is 10.3. The van der Waals surface area contributed by atoms with E-state index in [-0.39, 0.29) is 28.5 Å². The van der Waals surface area contributed by atoms with Crippen LogP contribution >= 0.6 is 11.6 Å². The molecule has 0 aliphatic heterocycles. The molecule has 2 rings (SSSR count). The SMILES string of the molecule is O=Cc1cc(F)ccc1OCc1cccc(Cl)c1F. The summed E-state index contributed by atoms with van der Waals surface area (Å²) in [6.07, 6.45) is 0.479. The summed E-state index contributed by atoms with van der Waals surface area (Å²) in [5.74, 6) is -0.918. The van der Waals surface area contributed by atoms with Gasteiger partial charge in [0.05, 0.1) is 10.6 Å². The number of ether oxygens (including phenoxy) is 1. The Bertz CT molecular complexity index is 614. The highest BCUT2D eigenvalue weighted by molar-refractivity contribution is 6.30. The summed E-state index contributed by atoms with van der Waals surface area (Å²) in [5, 5.41) is -0.00387. The maximum atomic E-state index is 13.6. The van der Waals surface area contributed by atoms with Gasteiger partial charge in [0.25, 0.3) is 0 Å². The molecule has 0 aromatic heterocycles. The van der Waals surface area contributed by atoms with Crippen molar-refractivity contribution in [2.45, 2.75) is 6.61 Å². The van der Waals surface area contributed by atoms with Crippen molar-refractivity contribution in [3.63, 3.8) is 0 Å². The molecule has 2 aromatic rings. The van der Waals surface area contributed by atoms with Gasteiger partial charge in [-0.3, -0.25) is 4.79 Å². The fraction of sp³-hybridized carbons (Fsp3) is 0.0714. The second-order valence-corrected chi connectivity index (χ2v) is 4.21. The Morgan fingerprint density at radius 1 is 1.21 bits per heavy atom. The molecule has 0 unspecified atom stereocenters. The van der Waals surface area contributed by atoms with Crippen molar-refractivity contribution in [1.82, 2.24) is 0 Å². The number of halogens is 3. The molecular formula is C14H9ClF2O2. The van der Waals surface area contributed by atoms with Crippen LogP contribution in [0.5, 0.6) is 5.75 Å². The summed E-state index contributed by atoms with van der Waals surface area (Å²) in [7, 11) is 0. The summed E-state index contributed by atoms with van der Waals surface area (Å²) in [6.45, 7) is -0.0983. The van der Waals surface area contributed by atoms with Crippen LogP contribution in [0, 0.1) is 11.6 Å². The van der Waals surface area contributed by atoms with E-state index >= 15 is 0 Å². The van der Waals surface area contributed by atoms with Crippen molar-refractivity contribution in [3.05, 3.63) is 64.2 Å². The molecule has 0 atom stereocenters. The lowest BCUT2D eigenvalue weighted by molar-refractivity contribution is 0.111. The van der Waals surface area contributed by atoms with E-state index in [4.69, 9.17) is 16.3 Å². The summed E-state index contributed by atoms with van der Waals surface area (Å²) < 4.78 is 31.8. The van der Waals surface area contributed by atoms with Gasteiger partial charge in [-0.1, -0.05) is 23.7 Å². The number of aldehydes is 1. The smallest absolute Gasteiger partial charge is 0.153 e. The fourth-order valence-corrected chi connectivity index (χ4v) is 1.75. The molecule has 0 saturated heterocycles. The highest BCUT2D eigenvalue weighted by Crippen LogP contribution is 2.22. The molecule has 19 heavy (non-hydrogen) atoms. The van der Waals surface area contributed by atoms with Crippen molar-refractivity contribution in [3.8, 4) is 5.75 Å². The van der Waals surface area contributed by atoms with Gasteiger partial charge in [0, 0.05) is 5.56 Å². The number of carbonyl (C=O) groups is 1. The van der Waals surface area contributed by atoms with Crippen LogP contribution in [0.25, 0.3) is 0 Å². The Hall–Kier alpha value is -1.94. The molecule has 0 bridgehead atoms. The second-order valence-electron chi connectivity index (χ2n) is 3.80. The first kappa shape index (κ1) is 13.5. The van der Waals surface area contributed by atoms with Crippen LogP contribution in [0.1, 0.15) is 15.9 Å². The van der Waals surface area contributed by atoms with Crippen LogP contribution in [0.15, 0.2) is 36.4 Å². The first-order chi connectivity index (χ1) is 9.11. The Balaban J connectivity index is 2.19. The van der Waals surface area contributed by atoms with E-state index in [9.17, 15) is 13.6 Å². The van der Waals surface area contributed by atoms with Gasteiger partial charge in [0.15, 0.2) is 6.29 Å². The van der Waals surface area contributed by atoms with E-state index in [0.717, 1.165) is 12.1 Å².